The van der Waals surface area contributed by atoms with Crippen LogP contribution in [0, 0.1) is 5.92 Å². The Hall–Kier alpha value is -0.470. The van der Waals surface area contributed by atoms with Gasteiger partial charge >= 0.3 is 0 Å². The molecule has 0 spiro atoms. The Morgan fingerprint density at radius 1 is 1.50 bits per heavy atom. The number of hydrogen-bond acceptors (Lipinski definition) is 1. The van der Waals surface area contributed by atoms with E-state index in [1.165, 1.54) is 13.8 Å². The van der Waals surface area contributed by atoms with Gasteiger partial charge in [-0.05, 0) is 13.3 Å². The second-order valence-electron chi connectivity index (χ2n) is 3.26. The zero-order valence-electron chi connectivity index (χ0n) is 7.86. The van der Waals surface area contributed by atoms with Crippen LogP contribution < -0.4 is 0 Å². The Morgan fingerprint density at radius 2 is 2.00 bits per heavy atom. The molecule has 72 valence electrons. The maximum absolute atomic E-state index is 12.7. The van der Waals surface area contributed by atoms with Crippen LogP contribution in [0.2, 0.25) is 0 Å². The summed E-state index contributed by atoms with van der Waals surface area (Å²) < 4.78 is 25.3. The highest BCUT2D eigenvalue weighted by Crippen LogP contribution is 2.26. The van der Waals surface area contributed by atoms with Gasteiger partial charge in [0.25, 0.3) is 0 Å². The van der Waals surface area contributed by atoms with Gasteiger partial charge in [-0.2, -0.15) is 0 Å². The second kappa shape index (κ2) is 4.53. The van der Waals surface area contributed by atoms with Crippen molar-refractivity contribution in [3.8, 4) is 0 Å². The maximum Gasteiger partial charge on any atom is 0.247 e. The molecule has 0 saturated heterocycles. The second-order valence-corrected chi connectivity index (χ2v) is 3.26. The summed E-state index contributed by atoms with van der Waals surface area (Å²) >= 11 is 0. The number of hydrogen-bond donors (Lipinski definition) is 0. The molecule has 0 heterocycles. The first kappa shape index (κ1) is 11.5. The van der Waals surface area contributed by atoms with E-state index in [9.17, 15) is 13.6 Å². The van der Waals surface area contributed by atoms with Crippen LogP contribution in [-0.2, 0) is 4.79 Å². The number of rotatable bonds is 5. The molecular weight excluding hydrogens is 162 g/mol. The first-order valence-electron chi connectivity index (χ1n) is 4.27. The third-order valence-corrected chi connectivity index (χ3v) is 2.15. The number of carbonyl (C=O) groups is 1. The molecule has 3 heteroatoms. The van der Waals surface area contributed by atoms with Crippen LogP contribution in [0.5, 0.6) is 0 Å². The van der Waals surface area contributed by atoms with Crippen molar-refractivity contribution < 1.29 is 13.6 Å². The molecule has 12 heavy (non-hydrogen) atoms. The maximum atomic E-state index is 12.7. The minimum Gasteiger partial charge on any atom is -0.300 e. The van der Waals surface area contributed by atoms with Gasteiger partial charge < -0.3 is 0 Å². The van der Waals surface area contributed by atoms with Gasteiger partial charge in [-0.15, -0.1) is 0 Å². The molecule has 1 atom stereocenters. The molecule has 0 aliphatic rings. The SMILES string of the molecule is CCC(F)(F)CC[C@@H](C)C(C)=O. The van der Waals surface area contributed by atoms with Gasteiger partial charge in [-0.3, -0.25) is 4.79 Å². The highest BCUT2D eigenvalue weighted by molar-refractivity contribution is 5.77. The van der Waals surface area contributed by atoms with Crippen molar-refractivity contribution in [2.45, 2.75) is 46.0 Å². The van der Waals surface area contributed by atoms with Gasteiger partial charge in [0.05, 0.1) is 0 Å². The summed E-state index contributed by atoms with van der Waals surface area (Å²) in [6.07, 6.45) is -0.0297. The van der Waals surface area contributed by atoms with Gasteiger partial charge in [0, 0.05) is 18.8 Å². The Morgan fingerprint density at radius 3 is 2.33 bits per heavy atom. The first-order valence-corrected chi connectivity index (χ1v) is 4.27. The Balaban J connectivity index is 3.75. The monoisotopic (exact) mass is 178 g/mol. The number of ketones is 1. The lowest BCUT2D eigenvalue weighted by molar-refractivity contribution is -0.121. The Labute approximate surface area is 72.2 Å². The smallest absolute Gasteiger partial charge is 0.247 e. The molecule has 0 radical (unpaired) electrons. The van der Waals surface area contributed by atoms with Crippen LogP contribution in [-0.4, -0.2) is 11.7 Å². The van der Waals surface area contributed by atoms with E-state index in [1.54, 1.807) is 6.92 Å². The first-order chi connectivity index (χ1) is 5.39. The van der Waals surface area contributed by atoms with Crippen LogP contribution in [0.1, 0.15) is 40.0 Å². The molecule has 0 saturated carbocycles. The Kier molecular flexibility index (Phi) is 4.35. The lowest BCUT2D eigenvalue weighted by Crippen LogP contribution is -2.17. The zero-order valence-corrected chi connectivity index (χ0v) is 7.86. The van der Waals surface area contributed by atoms with E-state index in [-0.39, 0.29) is 31.0 Å². The number of alkyl halides is 2. The molecule has 1 nitrogen and oxygen atoms in total. The number of halogens is 2. The molecule has 0 aliphatic carbocycles. The van der Waals surface area contributed by atoms with Crippen molar-refractivity contribution in [1.29, 1.82) is 0 Å². The van der Waals surface area contributed by atoms with Crippen molar-refractivity contribution in [2.24, 2.45) is 5.92 Å². The minimum atomic E-state index is -2.59. The third-order valence-electron chi connectivity index (χ3n) is 2.15. The molecule has 0 aromatic carbocycles. The van der Waals surface area contributed by atoms with E-state index in [1.807, 2.05) is 0 Å². The lowest BCUT2D eigenvalue weighted by atomic mass is 9.98. The molecule has 0 unspecified atom stereocenters. The average molecular weight is 178 g/mol. The highest BCUT2D eigenvalue weighted by Gasteiger charge is 2.26. The summed E-state index contributed by atoms with van der Waals surface area (Å²) in [6, 6.07) is 0. The quantitative estimate of drug-likeness (QED) is 0.632. The fourth-order valence-electron chi connectivity index (χ4n) is 0.808. The van der Waals surface area contributed by atoms with E-state index < -0.39 is 5.92 Å². The summed E-state index contributed by atoms with van der Waals surface area (Å²) in [4.78, 5) is 10.7. The van der Waals surface area contributed by atoms with Gasteiger partial charge in [-0.25, -0.2) is 8.78 Å². The summed E-state index contributed by atoms with van der Waals surface area (Å²) in [5.41, 5.74) is 0. The van der Waals surface area contributed by atoms with Crippen LogP contribution in [0.3, 0.4) is 0 Å². The molecule has 0 amide bonds. The number of Topliss-reactive ketones (excluding diaryl/α,β-unsaturated/α-hetero) is 1. The molecule has 0 rings (SSSR count). The normalized spacial score (nSPS) is 14.4. The van der Waals surface area contributed by atoms with E-state index in [4.69, 9.17) is 0 Å². The number of carbonyl (C=O) groups excluding carboxylic acids is 1. The Bertz CT molecular complexity index is 155. The van der Waals surface area contributed by atoms with E-state index in [0.717, 1.165) is 0 Å². The van der Waals surface area contributed by atoms with Crippen molar-refractivity contribution in [1.82, 2.24) is 0 Å². The van der Waals surface area contributed by atoms with Crippen molar-refractivity contribution in [3.63, 3.8) is 0 Å². The van der Waals surface area contributed by atoms with E-state index in [2.05, 4.69) is 0 Å². The highest BCUT2D eigenvalue weighted by atomic mass is 19.3. The lowest BCUT2D eigenvalue weighted by Gasteiger charge is -2.15. The van der Waals surface area contributed by atoms with Crippen LogP contribution in [0.15, 0.2) is 0 Å². The molecule has 0 bridgehead atoms. The van der Waals surface area contributed by atoms with Gasteiger partial charge in [0.15, 0.2) is 0 Å². The van der Waals surface area contributed by atoms with Crippen molar-refractivity contribution in [3.05, 3.63) is 0 Å². The standard InChI is InChI=1S/C9H16F2O/c1-4-9(10,11)6-5-7(2)8(3)12/h7H,4-6H2,1-3H3/t7-/m1/s1. The van der Waals surface area contributed by atoms with Gasteiger partial charge in [0.2, 0.25) is 5.92 Å². The average Bonchev–Trinajstić information content (AvgIpc) is 2.00. The summed E-state index contributed by atoms with van der Waals surface area (Å²) in [5.74, 6) is -2.84. The third kappa shape index (κ3) is 4.42. The minimum absolute atomic E-state index is 0.0121. The van der Waals surface area contributed by atoms with Gasteiger partial charge in [0.1, 0.15) is 5.78 Å². The zero-order chi connectivity index (χ0) is 9.78. The van der Waals surface area contributed by atoms with Crippen LogP contribution >= 0.6 is 0 Å². The largest absolute Gasteiger partial charge is 0.300 e. The summed E-state index contributed by atoms with van der Waals surface area (Å²) in [6.45, 7) is 4.58. The molecule has 0 aromatic rings. The molecular formula is C9H16F2O. The van der Waals surface area contributed by atoms with E-state index >= 15 is 0 Å². The predicted molar refractivity (Wildman–Crippen MR) is 44.3 cm³/mol. The summed E-state index contributed by atoms with van der Waals surface area (Å²) in [7, 11) is 0. The summed E-state index contributed by atoms with van der Waals surface area (Å²) in [5, 5.41) is 0. The van der Waals surface area contributed by atoms with Gasteiger partial charge in [-0.1, -0.05) is 13.8 Å². The molecule has 0 N–H and O–H groups in total. The van der Waals surface area contributed by atoms with Crippen LogP contribution in [0.25, 0.3) is 0 Å². The topological polar surface area (TPSA) is 17.1 Å². The molecule has 0 aromatic heterocycles. The molecule has 0 fully saturated rings. The van der Waals surface area contributed by atoms with Crippen molar-refractivity contribution >= 4 is 5.78 Å². The van der Waals surface area contributed by atoms with E-state index in [0.29, 0.717) is 0 Å². The van der Waals surface area contributed by atoms with Crippen molar-refractivity contribution in [2.75, 3.05) is 0 Å². The molecule has 0 aliphatic heterocycles. The fraction of sp³-hybridized carbons (Fsp3) is 0.889. The predicted octanol–water partition coefficient (Wildman–Crippen LogP) is 3.04. The van der Waals surface area contributed by atoms with Crippen LogP contribution in [0.4, 0.5) is 8.78 Å². The fourth-order valence-corrected chi connectivity index (χ4v) is 0.808.